The van der Waals surface area contributed by atoms with Crippen LogP contribution in [0.25, 0.3) is 0 Å². The number of halogens is 1. The van der Waals surface area contributed by atoms with Gasteiger partial charge in [0, 0.05) is 6.54 Å². The minimum Gasteiger partial charge on any atom is -0.492 e. The molecule has 0 aromatic heterocycles. The van der Waals surface area contributed by atoms with Crippen molar-refractivity contribution in [2.24, 2.45) is 0 Å². The predicted octanol–water partition coefficient (Wildman–Crippen LogP) is 3.14. The maximum absolute atomic E-state index is 12.8. The molecule has 2 aromatic rings. The second kappa shape index (κ2) is 8.08. The van der Waals surface area contributed by atoms with Crippen molar-refractivity contribution in [2.75, 3.05) is 13.2 Å². The topological polar surface area (TPSA) is 55.4 Å². The summed E-state index contributed by atoms with van der Waals surface area (Å²) in [4.78, 5) is 0.0304. The molecule has 0 unspecified atom stereocenters. The zero-order chi connectivity index (χ0) is 16.7. The lowest BCUT2D eigenvalue weighted by Crippen LogP contribution is -2.28. The first-order chi connectivity index (χ1) is 11.0. The number of hydrogen-bond acceptors (Lipinski definition) is 3. The normalized spacial score (nSPS) is 11.4. The Bertz CT molecular complexity index is 713. The first kappa shape index (κ1) is 17.4. The van der Waals surface area contributed by atoms with Crippen molar-refractivity contribution in [2.45, 2.75) is 24.7 Å². The summed E-state index contributed by atoms with van der Waals surface area (Å²) in [5, 5.41) is 0. The third-order valence-electron chi connectivity index (χ3n) is 3.25. The van der Waals surface area contributed by atoms with Gasteiger partial charge in [0.2, 0.25) is 10.0 Å². The van der Waals surface area contributed by atoms with Crippen molar-refractivity contribution in [1.29, 1.82) is 0 Å². The summed E-state index contributed by atoms with van der Waals surface area (Å²) in [6.07, 6.45) is 2.11. The summed E-state index contributed by atoms with van der Waals surface area (Å²) in [6, 6.07) is 12.4. The highest BCUT2D eigenvalue weighted by atomic mass is 32.2. The van der Waals surface area contributed by atoms with Crippen LogP contribution in [0, 0.1) is 5.82 Å². The van der Waals surface area contributed by atoms with E-state index in [2.05, 4.69) is 11.6 Å². The largest absolute Gasteiger partial charge is 0.492 e. The maximum atomic E-state index is 12.8. The van der Waals surface area contributed by atoms with Gasteiger partial charge in [-0.15, -0.1) is 0 Å². The minimum absolute atomic E-state index is 0.0304. The number of nitrogens with one attached hydrogen (secondary N) is 1. The zero-order valence-corrected chi connectivity index (χ0v) is 13.8. The van der Waals surface area contributed by atoms with Crippen LogP contribution in [0.5, 0.6) is 5.75 Å². The fourth-order valence-corrected chi connectivity index (χ4v) is 3.10. The van der Waals surface area contributed by atoms with Crippen LogP contribution >= 0.6 is 0 Å². The van der Waals surface area contributed by atoms with E-state index >= 15 is 0 Å². The van der Waals surface area contributed by atoms with Gasteiger partial charge in [0.25, 0.3) is 0 Å². The van der Waals surface area contributed by atoms with Gasteiger partial charge in [0.05, 0.1) is 4.90 Å². The van der Waals surface area contributed by atoms with Crippen molar-refractivity contribution in [3.63, 3.8) is 0 Å². The Hall–Kier alpha value is -1.92. The van der Waals surface area contributed by atoms with Crippen molar-refractivity contribution >= 4 is 10.0 Å². The van der Waals surface area contributed by atoms with Crippen molar-refractivity contribution < 1.29 is 17.5 Å². The molecule has 2 aromatic carbocycles. The number of sulfonamides is 1. The molecule has 23 heavy (non-hydrogen) atoms. The average molecular weight is 337 g/mol. The van der Waals surface area contributed by atoms with Crippen LogP contribution in [0.4, 0.5) is 4.39 Å². The highest BCUT2D eigenvalue weighted by Crippen LogP contribution is 2.13. The summed E-state index contributed by atoms with van der Waals surface area (Å²) >= 11 is 0. The molecule has 0 radical (unpaired) electrons. The minimum atomic E-state index is -3.64. The van der Waals surface area contributed by atoms with Crippen LogP contribution in [-0.4, -0.2) is 21.6 Å². The molecule has 0 spiro atoms. The summed E-state index contributed by atoms with van der Waals surface area (Å²) in [6.45, 7) is 2.47. The summed E-state index contributed by atoms with van der Waals surface area (Å²) in [5.41, 5.74) is 1.25. The standard InChI is InChI=1S/C17H20FNO3S/c1-2-3-14-4-8-16(9-5-14)22-13-12-19-23(20,21)17-10-6-15(18)7-11-17/h4-11,19H,2-3,12-13H2,1H3. The lowest BCUT2D eigenvalue weighted by Gasteiger charge is -2.09. The maximum Gasteiger partial charge on any atom is 0.240 e. The van der Waals surface area contributed by atoms with Gasteiger partial charge >= 0.3 is 0 Å². The van der Waals surface area contributed by atoms with E-state index < -0.39 is 15.8 Å². The number of aryl methyl sites for hydroxylation is 1. The molecule has 2 rings (SSSR count). The Morgan fingerprint density at radius 2 is 1.70 bits per heavy atom. The SMILES string of the molecule is CCCc1ccc(OCCNS(=O)(=O)c2ccc(F)cc2)cc1. The Morgan fingerprint density at radius 1 is 1.04 bits per heavy atom. The van der Waals surface area contributed by atoms with Gasteiger partial charge in [0.15, 0.2) is 0 Å². The molecule has 124 valence electrons. The van der Waals surface area contributed by atoms with Crippen molar-refractivity contribution in [1.82, 2.24) is 4.72 Å². The Labute approximate surface area is 136 Å². The van der Waals surface area contributed by atoms with E-state index in [0.717, 1.165) is 25.0 Å². The second-order valence-electron chi connectivity index (χ2n) is 5.09. The van der Waals surface area contributed by atoms with Crippen molar-refractivity contribution in [3.05, 3.63) is 59.9 Å². The number of hydrogen-bond donors (Lipinski definition) is 1. The second-order valence-corrected chi connectivity index (χ2v) is 6.86. The number of ether oxygens (including phenoxy) is 1. The van der Waals surface area contributed by atoms with Gasteiger partial charge in [-0.2, -0.15) is 0 Å². The molecule has 0 aliphatic heterocycles. The molecule has 0 saturated heterocycles. The monoisotopic (exact) mass is 337 g/mol. The van der Waals surface area contributed by atoms with Crippen LogP contribution in [0.2, 0.25) is 0 Å². The fourth-order valence-electron chi connectivity index (χ4n) is 2.08. The predicted molar refractivity (Wildman–Crippen MR) is 87.5 cm³/mol. The molecule has 0 saturated carbocycles. The van der Waals surface area contributed by atoms with Crippen LogP contribution in [-0.2, 0) is 16.4 Å². The van der Waals surface area contributed by atoms with E-state index in [1.807, 2.05) is 24.3 Å². The highest BCUT2D eigenvalue weighted by molar-refractivity contribution is 7.89. The molecular weight excluding hydrogens is 317 g/mol. The van der Waals surface area contributed by atoms with Crippen LogP contribution in [0.1, 0.15) is 18.9 Å². The van der Waals surface area contributed by atoms with Gasteiger partial charge in [-0.1, -0.05) is 25.5 Å². The Balaban J connectivity index is 1.81. The first-order valence-electron chi connectivity index (χ1n) is 7.48. The van der Waals surface area contributed by atoms with Crippen LogP contribution in [0.3, 0.4) is 0 Å². The van der Waals surface area contributed by atoms with Crippen LogP contribution in [0.15, 0.2) is 53.4 Å². The van der Waals surface area contributed by atoms with E-state index in [1.165, 1.54) is 17.7 Å². The van der Waals surface area contributed by atoms with Gasteiger partial charge < -0.3 is 4.74 Å². The molecular formula is C17H20FNO3S. The Kier molecular flexibility index (Phi) is 6.12. The highest BCUT2D eigenvalue weighted by Gasteiger charge is 2.13. The van der Waals surface area contributed by atoms with Gasteiger partial charge in [-0.25, -0.2) is 17.5 Å². The fraction of sp³-hybridized carbons (Fsp3) is 0.294. The summed E-state index contributed by atoms with van der Waals surface area (Å²) < 4.78 is 44.7. The third-order valence-corrected chi connectivity index (χ3v) is 4.73. The summed E-state index contributed by atoms with van der Waals surface area (Å²) in [7, 11) is -3.64. The van der Waals surface area contributed by atoms with E-state index in [9.17, 15) is 12.8 Å². The molecule has 1 N–H and O–H groups in total. The Morgan fingerprint density at radius 3 is 2.30 bits per heavy atom. The van der Waals surface area contributed by atoms with E-state index in [-0.39, 0.29) is 18.0 Å². The molecule has 0 aliphatic rings. The molecule has 0 atom stereocenters. The van der Waals surface area contributed by atoms with Gasteiger partial charge in [-0.05, 0) is 48.4 Å². The van der Waals surface area contributed by atoms with E-state index in [4.69, 9.17) is 4.74 Å². The van der Waals surface area contributed by atoms with E-state index in [0.29, 0.717) is 5.75 Å². The molecule has 0 bridgehead atoms. The zero-order valence-electron chi connectivity index (χ0n) is 13.0. The first-order valence-corrected chi connectivity index (χ1v) is 8.96. The molecule has 0 heterocycles. The van der Waals surface area contributed by atoms with Gasteiger partial charge in [-0.3, -0.25) is 0 Å². The molecule has 0 aliphatic carbocycles. The molecule has 0 fully saturated rings. The number of benzene rings is 2. The molecule has 4 nitrogen and oxygen atoms in total. The lowest BCUT2D eigenvalue weighted by molar-refractivity contribution is 0.322. The van der Waals surface area contributed by atoms with E-state index in [1.54, 1.807) is 0 Å². The smallest absolute Gasteiger partial charge is 0.240 e. The van der Waals surface area contributed by atoms with Crippen LogP contribution < -0.4 is 9.46 Å². The summed E-state index contributed by atoms with van der Waals surface area (Å²) in [5.74, 6) is 0.227. The van der Waals surface area contributed by atoms with Gasteiger partial charge in [0.1, 0.15) is 18.2 Å². The van der Waals surface area contributed by atoms with Crippen molar-refractivity contribution in [3.8, 4) is 5.75 Å². The quantitative estimate of drug-likeness (QED) is 0.753. The lowest BCUT2D eigenvalue weighted by atomic mass is 10.1. The third kappa shape index (κ3) is 5.33. The number of rotatable bonds is 8. The molecule has 0 amide bonds. The average Bonchev–Trinajstić information content (AvgIpc) is 2.54. The molecule has 6 heteroatoms.